The number of anilines is 1. The van der Waals surface area contributed by atoms with E-state index in [4.69, 9.17) is 0 Å². The zero-order valence-corrected chi connectivity index (χ0v) is 12.2. The molecule has 1 unspecified atom stereocenters. The molecule has 2 nitrogen and oxygen atoms in total. The average Bonchev–Trinajstić information content (AvgIpc) is 2.44. The van der Waals surface area contributed by atoms with Crippen molar-refractivity contribution in [2.24, 2.45) is 5.92 Å². The van der Waals surface area contributed by atoms with Gasteiger partial charge < -0.3 is 4.90 Å². The van der Waals surface area contributed by atoms with Crippen LogP contribution in [0.5, 0.6) is 0 Å². The molecule has 0 saturated heterocycles. The molecule has 2 heteroatoms. The summed E-state index contributed by atoms with van der Waals surface area (Å²) in [5, 5.41) is 0. The second-order valence-corrected chi connectivity index (χ2v) is 5.45. The van der Waals surface area contributed by atoms with E-state index < -0.39 is 0 Å². The first-order valence-electron chi connectivity index (χ1n) is 7.61. The number of nitrogens with zero attached hydrogens (tertiary/aromatic N) is 1. The highest BCUT2D eigenvalue weighted by molar-refractivity contribution is 5.81. The fourth-order valence-corrected chi connectivity index (χ4v) is 2.99. The molecule has 0 bridgehead atoms. The smallest absolute Gasteiger partial charge is 0.136 e. The lowest BCUT2D eigenvalue weighted by Gasteiger charge is -2.22. The minimum absolute atomic E-state index is 0.271. The predicted octanol–water partition coefficient (Wildman–Crippen LogP) is 3.83. The number of carbonyl (C=O) groups excluding carboxylic acids is 1. The normalized spacial score (nSPS) is 19.5. The monoisotopic (exact) mass is 259 g/mol. The lowest BCUT2D eigenvalue weighted by Crippen LogP contribution is -2.22. The summed E-state index contributed by atoms with van der Waals surface area (Å²) in [6.07, 6.45) is 5.11. The highest BCUT2D eigenvalue weighted by Gasteiger charge is 2.22. The third kappa shape index (κ3) is 3.59. The van der Waals surface area contributed by atoms with Gasteiger partial charge in [-0.2, -0.15) is 0 Å². The minimum Gasteiger partial charge on any atom is -0.372 e. The van der Waals surface area contributed by atoms with Crippen molar-refractivity contribution in [2.45, 2.75) is 46.0 Å². The van der Waals surface area contributed by atoms with Crippen LogP contribution in [-0.4, -0.2) is 18.9 Å². The van der Waals surface area contributed by atoms with Crippen LogP contribution in [0.4, 0.5) is 5.69 Å². The van der Waals surface area contributed by atoms with Crippen LogP contribution in [0.25, 0.3) is 0 Å². The summed E-state index contributed by atoms with van der Waals surface area (Å²) in [5.74, 6) is 0.743. The summed E-state index contributed by atoms with van der Waals surface area (Å²) in [5.41, 5.74) is 2.58. The molecule has 0 aromatic heterocycles. The Kier molecular flexibility index (Phi) is 5.00. The SMILES string of the molecule is CCN(CC)c1ccc(CC2CCCCC2=O)cc1. The highest BCUT2D eigenvalue weighted by Crippen LogP contribution is 2.25. The first-order valence-corrected chi connectivity index (χ1v) is 7.61. The van der Waals surface area contributed by atoms with Crippen LogP contribution in [0.1, 0.15) is 45.1 Å². The molecule has 2 rings (SSSR count). The van der Waals surface area contributed by atoms with Gasteiger partial charge in [-0.25, -0.2) is 0 Å². The van der Waals surface area contributed by atoms with Gasteiger partial charge in [-0.05, 0) is 50.8 Å². The van der Waals surface area contributed by atoms with Crippen LogP contribution in [0.3, 0.4) is 0 Å². The molecule has 1 saturated carbocycles. The maximum Gasteiger partial charge on any atom is 0.136 e. The summed E-state index contributed by atoms with van der Waals surface area (Å²) in [6, 6.07) is 8.76. The Morgan fingerprint density at radius 3 is 2.37 bits per heavy atom. The van der Waals surface area contributed by atoms with E-state index in [1.165, 1.54) is 17.7 Å². The average molecular weight is 259 g/mol. The minimum atomic E-state index is 0.271. The van der Waals surface area contributed by atoms with Crippen molar-refractivity contribution in [2.75, 3.05) is 18.0 Å². The molecular formula is C17H25NO. The van der Waals surface area contributed by atoms with E-state index in [-0.39, 0.29) is 5.92 Å². The molecule has 0 heterocycles. The number of carbonyl (C=O) groups is 1. The number of Topliss-reactive ketones (excluding diaryl/α,β-unsaturated/α-hetero) is 1. The summed E-state index contributed by atoms with van der Waals surface area (Å²) >= 11 is 0. The van der Waals surface area contributed by atoms with Gasteiger partial charge in [0.2, 0.25) is 0 Å². The molecule has 1 aromatic rings. The van der Waals surface area contributed by atoms with Crippen molar-refractivity contribution in [1.29, 1.82) is 0 Å². The van der Waals surface area contributed by atoms with Crippen LogP contribution in [0.2, 0.25) is 0 Å². The van der Waals surface area contributed by atoms with Crippen molar-refractivity contribution in [3.05, 3.63) is 29.8 Å². The van der Waals surface area contributed by atoms with E-state index >= 15 is 0 Å². The van der Waals surface area contributed by atoms with Crippen LogP contribution in [-0.2, 0) is 11.2 Å². The Morgan fingerprint density at radius 2 is 1.79 bits per heavy atom. The molecule has 0 spiro atoms. The van der Waals surface area contributed by atoms with Gasteiger partial charge in [-0.15, -0.1) is 0 Å². The van der Waals surface area contributed by atoms with Gasteiger partial charge in [-0.1, -0.05) is 18.6 Å². The van der Waals surface area contributed by atoms with E-state index in [1.807, 2.05) is 0 Å². The molecule has 1 aliphatic rings. The van der Waals surface area contributed by atoms with Crippen LogP contribution in [0, 0.1) is 5.92 Å². The lowest BCUT2D eigenvalue weighted by molar-refractivity contribution is -0.124. The van der Waals surface area contributed by atoms with Crippen molar-refractivity contribution in [3.63, 3.8) is 0 Å². The Hall–Kier alpha value is -1.31. The molecule has 0 aliphatic heterocycles. The van der Waals surface area contributed by atoms with Crippen molar-refractivity contribution in [3.8, 4) is 0 Å². The van der Waals surface area contributed by atoms with Gasteiger partial charge in [-0.3, -0.25) is 4.79 Å². The van der Waals surface area contributed by atoms with Crippen LogP contribution >= 0.6 is 0 Å². The molecule has 1 aromatic carbocycles. The first-order chi connectivity index (χ1) is 9.24. The maximum atomic E-state index is 11.9. The predicted molar refractivity (Wildman–Crippen MR) is 80.7 cm³/mol. The molecule has 1 fully saturated rings. The second kappa shape index (κ2) is 6.74. The van der Waals surface area contributed by atoms with Gasteiger partial charge in [0.25, 0.3) is 0 Å². The zero-order valence-electron chi connectivity index (χ0n) is 12.2. The van der Waals surface area contributed by atoms with Gasteiger partial charge >= 0.3 is 0 Å². The summed E-state index contributed by atoms with van der Waals surface area (Å²) in [7, 11) is 0. The topological polar surface area (TPSA) is 20.3 Å². The number of hydrogen-bond acceptors (Lipinski definition) is 2. The summed E-state index contributed by atoms with van der Waals surface area (Å²) in [6.45, 7) is 6.43. The quantitative estimate of drug-likeness (QED) is 0.801. The van der Waals surface area contributed by atoms with E-state index in [0.29, 0.717) is 5.78 Å². The Bertz CT molecular complexity index is 406. The second-order valence-electron chi connectivity index (χ2n) is 5.45. The van der Waals surface area contributed by atoms with E-state index in [9.17, 15) is 4.79 Å². The highest BCUT2D eigenvalue weighted by atomic mass is 16.1. The molecular weight excluding hydrogens is 234 g/mol. The maximum absolute atomic E-state index is 11.9. The first kappa shape index (κ1) is 14.1. The van der Waals surface area contributed by atoms with Gasteiger partial charge in [0.05, 0.1) is 0 Å². The molecule has 19 heavy (non-hydrogen) atoms. The molecule has 1 aliphatic carbocycles. The fourth-order valence-electron chi connectivity index (χ4n) is 2.99. The molecule has 0 amide bonds. The summed E-state index contributed by atoms with van der Waals surface area (Å²) < 4.78 is 0. The fraction of sp³-hybridized carbons (Fsp3) is 0.588. The number of hydrogen-bond donors (Lipinski definition) is 0. The van der Waals surface area contributed by atoms with Gasteiger partial charge in [0, 0.05) is 31.1 Å². The largest absolute Gasteiger partial charge is 0.372 e. The number of ketones is 1. The lowest BCUT2D eigenvalue weighted by atomic mass is 9.84. The van der Waals surface area contributed by atoms with E-state index in [2.05, 4.69) is 43.0 Å². The Labute approximate surface area is 116 Å². The molecule has 0 N–H and O–H groups in total. The zero-order chi connectivity index (χ0) is 13.7. The van der Waals surface area contributed by atoms with Crippen molar-refractivity contribution in [1.82, 2.24) is 0 Å². The summed E-state index contributed by atoms with van der Waals surface area (Å²) in [4.78, 5) is 14.2. The molecule has 104 valence electrons. The number of benzene rings is 1. The van der Waals surface area contributed by atoms with Crippen molar-refractivity contribution >= 4 is 11.5 Å². The molecule has 0 radical (unpaired) electrons. The van der Waals surface area contributed by atoms with Gasteiger partial charge in [0.1, 0.15) is 5.78 Å². The van der Waals surface area contributed by atoms with Gasteiger partial charge in [0.15, 0.2) is 0 Å². The Balaban J connectivity index is 2.00. The van der Waals surface area contributed by atoms with E-state index in [1.54, 1.807) is 0 Å². The molecule has 1 atom stereocenters. The Morgan fingerprint density at radius 1 is 1.11 bits per heavy atom. The third-order valence-corrected chi connectivity index (χ3v) is 4.23. The standard InChI is InChI=1S/C17H25NO/c1-3-18(4-2)16-11-9-14(10-12-16)13-15-7-5-6-8-17(15)19/h9-12,15H,3-8,13H2,1-2H3. The number of rotatable bonds is 5. The third-order valence-electron chi connectivity index (χ3n) is 4.23. The van der Waals surface area contributed by atoms with Crippen molar-refractivity contribution < 1.29 is 4.79 Å². The van der Waals surface area contributed by atoms with Crippen LogP contribution < -0.4 is 4.90 Å². The van der Waals surface area contributed by atoms with E-state index in [0.717, 1.165) is 38.8 Å². The van der Waals surface area contributed by atoms with Crippen LogP contribution in [0.15, 0.2) is 24.3 Å².